The first-order valence-corrected chi connectivity index (χ1v) is 7.08. The molecule has 0 bridgehead atoms. The zero-order chi connectivity index (χ0) is 10.1. The zero-order valence-corrected chi connectivity index (χ0v) is 8.53. The molecule has 9 heteroatoms. The summed E-state index contributed by atoms with van der Waals surface area (Å²) in [5.74, 6) is 0. The van der Waals surface area contributed by atoms with Crippen molar-refractivity contribution in [2.45, 2.75) is 0 Å². The normalized spacial score (nSPS) is 31.9. The summed E-state index contributed by atoms with van der Waals surface area (Å²) in [6, 6.07) is 0. The molecule has 1 fully saturated rings. The van der Waals surface area contributed by atoms with Gasteiger partial charge in [0.05, 0.1) is 6.61 Å². The van der Waals surface area contributed by atoms with Crippen LogP contribution >= 0.6 is 15.2 Å². The molecular formula is C4H11NO6P2. The second-order valence-electron chi connectivity index (χ2n) is 2.81. The van der Waals surface area contributed by atoms with Crippen LogP contribution in [-0.4, -0.2) is 45.3 Å². The van der Waals surface area contributed by atoms with Crippen molar-refractivity contribution < 1.29 is 28.3 Å². The van der Waals surface area contributed by atoms with Crippen LogP contribution in [0.2, 0.25) is 0 Å². The van der Waals surface area contributed by atoms with Crippen molar-refractivity contribution in [1.29, 1.82) is 0 Å². The Labute approximate surface area is 75.0 Å². The van der Waals surface area contributed by atoms with Gasteiger partial charge in [-0.05, 0) is 0 Å². The van der Waals surface area contributed by atoms with Gasteiger partial charge in [-0.2, -0.15) is 0 Å². The first kappa shape index (κ1) is 11.3. The topological polar surface area (TPSA) is 107 Å². The van der Waals surface area contributed by atoms with Gasteiger partial charge in [-0.15, -0.1) is 0 Å². The number of rotatable bonds is 2. The number of hydrogen-bond acceptors (Lipinski definition) is 4. The fraction of sp³-hybridized carbons (Fsp3) is 1.00. The monoisotopic (exact) mass is 231 g/mol. The minimum Gasteiger partial charge on any atom is -0.324 e. The van der Waals surface area contributed by atoms with Gasteiger partial charge in [0, 0.05) is 6.54 Å². The fourth-order valence-electron chi connectivity index (χ4n) is 1.05. The summed E-state index contributed by atoms with van der Waals surface area (Å²) in [7, 11) is -7.80. The molecule has 0 aliphatic carbocycles. The van der Waals surface area contributed by atoms with E-state index in [0.29, 0.717) is 0 Å². The summed E-state index contributed by atoms with van der Waals surface area (Å²) in [6.45, 7) is 0.281. The molecule has 1 rings (SSSR count). The maximum atomic E-state index is 11.0. The van der Waals surface area contributed by atoms with Crippen molar-refractivity contribution in [3.63, 3.8) is 0 Å². The predicted molar refractivity (Wildman–Crippen MR) is 44.3 cm³/mol. The highest BCUT2D eigenvalue weighted by Crippen LogP contribution is 2.47. The molecule has 0 aromatic rings. The van der Waals surface area contributed by atoms with Crippen molar-refractivity contribution in [2.24, 2.45) is 0 Å². The Morgan fingerprint density at radius 2 is 2.15 bits per heavy atom. The highest BCUT2D eigenvalue weighted by Gasteiger charge is 2.31. The van der Waals surface area contributed by atoms with E-state index in [0.717, 1.165) is 0 Å². The molecule has 7 nitrogen and oxygen atoms in total. The lowest BCUT2D eigenvalue weighted by Gasteiger charge is -2.29. The summed E-state index contributed by atoms with van der Waals surface area (Å²) in [6.07, 6.45) is -0.820. The molecule has 1 unspecified atom stereocenters. The third-order valence-corrected chi connectivity index (χ3v) is 3.58. The van der Waals surface area contributed by atoms with Crippen LogP contribution in [0.4, 0.5) is 0 Å². The molecule has 0 aromatic heterocycles. The largest absolute Gasteiger partial charge is 0.342 e. The molecular weight excluding hydrogens is 220 g/mol. The number of hydrogen-bond donors (Lipinski definition) is 3. The van der Waals surface area contributed by atoms with Crippen LogP contribution in [0.5, 0.6) is 0 Å². The Morgan fingerprint density at radius 3 is 2.62 bits per heavy atom. The van der Waals surface area contributed by atoms with Gasteiger partial charge in [0.2, 0.25) is 0 Å². The molecule has 0 radical (unpaired) electrons. The maximum Gasteiger partial charge on any atom is 0.342 e. The van der Waals surface area contributed by atoms with Crippen molar-refractivity contribution in [3.05, 3.63) is 0 Å². The summed E-state index contributed by atoms with van der Waals surface area (Å²) in [5.41, 5.74) is 0. The molecule has 1 aliphatic heterocycles. The van der Waals surface area contributed by atoms with Crippen molar-refractivity contribution >= 4 is 15.2 Å². The van der Waals surface area contributed by atoms with Gasteiger partial charge in [0.25, 0.3) is 0 Å². The van der Waals surface area contributed by atoms with Gasteiger partial charge in [0.1, 0.15) is 12.6 Å². The van der Waals surface area contributed by atoms with Crippen molar-refractivity contribution in [2.75, 3.05) is 25.7 Å². The third-order valence-electron chi connectivity index (χ3n) is 1.46. The molecule has 0 saturated carbocycles. The molecule has 1 saturated heterocycles. The van der Waals surface area contributed by atoms with Crippen LogP contribution in [-0.2, 0) is 13.7 Å². The summed E-state index contributed by atoms with van der Waals surface area (Å²) in [4.78, 5) is 27.4. The van der Waals surface area contributed by atoms with E-state index in [1.54, 1.807) is 0 Å². The lowest BCUT2D eigenvalue weighted by Crippen LogP contribution is -2.33. The molecule has 1 heterocycles. The molecule has 3 N–H and O–H groups in total. The molecule has 1 atom stereocenters. The van der Waals surface area contributed by atoms with Crippen molar-refractivity contribution in [3.8, 4) is 0 Å². The quantitative estimate of drug-likeness (QED) is 0.554. The van der Waals surface area contributed by atoms with Crippen LogP contribution in [0.3, 0.4) is 0 Å². The van der Waals surface area contributed by atoms with Gasteiger partial charge in [-0.1, -0.05) is 0 Å². The average Bonchev–Trinajstić information content (AvgIpc) is 1.79. The summed E-state index contributed by atoms with van der Waals surface area (Å²) in [5, 5.41) is 0. The van der Waals surface area contributed by atoms with E-state index >= 15 is 0 Å². The highest BCUT2D eigenvalue weighted by atomic mass is 31.2. The van der Waals surface area contributed by atoms with E-state index in [2.05, 4.69) is 4.52 Å². The fourth-order valence-corrected chi connectivity index (χ4v) is 3.17. The molecule has 0 amide bonds. The average molecular weight is 231 g/mol. The second-order valence-corrected chi connectivity index (χ2v) is 6.24. The Kier molecular flexibility index (Phi) is 3.30. The Balaban J connectivity index is 2.53. The summed E-state index contributed by atoms with van der Waals surface area (Å²) < 4.78 is 26.0. The van der Waals surface area contributed by atoms with Gasteiger partial charge in [-0.3, -0.25) is 14.0 Å². The van der Waals surface area contributed by atoms with Crippen molar-refractivity contribution in [1.82, 2.24) is 4.90 Å². The Morgan fingerprint density at radius 1 is 1.54 bits per heavy atom. The van der Waals surface area contributed by atoms with Crippen LogP contribution in [0.25, 0.3) is 0 Å². The maximum absolute atomic E-state index is 11.0. The Hall–Kier alpha value is 0.260. The minimum absolute atomic E-state index is 0.0216. The smallest absolute Gasteiger partial charge is 0.324 e. The zero-order valence-electron chi connectivity index (χ0n) is 6.74. The Bertz CT molecular complexity index is 272. The van der Waals surface area contributed by atoms with Crippen LogP contribution in [0.15, 0.2) is 0 Å². The van der Waals surface area contributed by atoms with Crippen LogP contribution < -0.4 is 0 Å². The van der Waals surface area contributed by atoms with Gasteiger partial charge in [0.15, 0.2) is 0 Å². The van der Waals surface area contributed by atoms with Gasteiger partial charge < -0.3 is 19.2 Å². The van der Waals surface area contributed by atoms with Gasteiger partial charge in [-0.25, -0.2) is 0 Å². The molecule has 1 aliphatic rings. The molecule has 0 aromatic carbocycles. The predicted octanol–water partition coefficient (Wildman–Crippen LogP) is -0.403. The summed E-state index contributed by atoms with van der Waals surface area (Å²) >= 11 is 0. The van der Waals surface area contributed by atoms with Gasteiger partial charge >= 0.3 is 15.2 Å². The first-order chi connectivity index (χ1) is 5.79. The second kappa shape index (κ2) is 3.79. The van der Waals surface area contributed by atoms with E-state index in [1.807, 2.05) is 0 Å². The van der Waals surface area contributed by atoms with E-state index in [1.165, 1.54) is 4.90 Å². The lowest BCUT2D eigenvalue weighted by molar-refractivity contribution is 0.164. The first-order valence-electron chi connectivity index (χ1n) is 3.52. The van der Waals surface area contributed by atoms with Crippen LogP contribution in [0.1, 0.15) is 0 Å². The lowest BCUT2D eigenvalue weighted by atomic mass is 10.6. The third kappa shape index (κ3) is 4.33. The van der Waals surface area contributed by atoms with E-state index in [4.69, 9.17) is 14.7 Å². The SMILES string of the molecule is O=P(O)(O)CN1CCOP(=O)(O)C1. The number of nitrogens with zero attached hydrogens (tertiary/aromatic N) is 1. The van der Waals surface area contributed by atoms with E-state index in [-0.39, 0.29) is 19.4 Å². The van der Waals surface area contributed by atoms with E-state index < -0.39 is 21.5 Å². The molecule has 13 heavy (non-hydrogen) atoms. The van der Waals surface area contributed by atoms with Crippen LogP contribution in [0, 0.1) is 0 Å². The highest BCUT2D eigenvalue weighted by molar-refractivity contribution is 7.53. The van der Waals surface area contributed by atoms with E-state index in [9.17, 15) is 9.13 Å². The standard InChI is InChI=1S/C4H11NO6P2/c6-12(7,8)3-5-1-2-11-13(9,10)4-5/h1-4H2,(H,9,10)(H2,6,7,8). The minimum atomic E-state index is -4.15. The molecule has 0 spiro atoms. The molecule has 78 valence electrons.